The molecule has 102 valence electrons. The van der Waals surface area contributed by atoms with Crippen molar-refractivity contribution in [2.75, 3.05) is 17.3 Å². The topological polar surface area (TPSA) is 96.1 Å². The summed E-state index contributed by atoms with van der Waals surface area (Å²) in [5, 5.41) is 13.1. The molecule has 1 rings (SSSR count). The molecule has 1 unspecified atom stereocenters. The number of aryl methyl sites for hydroxylation is 1. The number of nitrogens with two attached hydrogens (primary N) is 1. The van der Waals surface area contributed by atoms with E-state index >= 15 is 0 Å². The summed E-state index contributed by atoms with van der Waals surface area (Å²) in [6, 6.07) is 1.71. The Hall–Kier alpha value is -1.40. The molecule has 0 aliphatic rings. The van der Waals surface area contributed by atoms with E-state index in [-0.39, 0.29) is 6.10 Å². The van der Waals surface area contributed by atoms with Crippen LogP contribution in [0, 0.1) is 12.8 Å². The molecule has 0 amide bonds. The van der Waals surface area contributed by atoms with E-state index in [1.807, 2.05) is 0 Å². The van der Waals surface area contributed by atoms with Crippen molar-refractivity contribution < 1.29 is 5.11 Å². The van der Waals surface area contributed by atoms with E-state index < -0.39 is 0 Å². The smallest absolute Gasteiger partial charge is 0.145 e. The molecule has 0 radical (unpaired) electrons. The van der Waals surface area contributed by atoms with Crippen molar-refractivity contribution >= 4 is 11.6 Å². The molecule has 6 nitrogen and oxygen atoms in total. The molecule has 1 aromatic heterocycles. The maximum Gasteiger partial charge on any atom is 0.145 e. The Labute approximate surface area is 108 Å². The van der Waals surface area contributed by atoms with Crippen LogP contribution in [0.2, 0.25) is 0 Å². The zero-order valence-corrected chi connectivity index (χ0v) is 11.3. The highest BCUT2D eigenvalue weighted by Crippen LogP contribution is 2.15. The molecule has 1 atom stereocenters. The van der Waals surface area contributed by atoms with Gasteiger partial charge in [-0.25, -0.2) is 15.8 Å². The number of hydrazine groups is 1. The Kier molecular flexibility index (Phi) is 5.80. The SMILES string of the molecule is CCC(CC)C(O)CNc1cc(NN)nc(C)n1. The Morgan fingerprint density at radius 3 is 2.44 bits per heavy atom. The van der Waals surface area contributed by atoms with Gasteiger partial charge in [-0.15, -0.1) is 0 Å². The van der Waals surface area contributed by atoms with Crippen molar-refractivity contribution in [2.45, 2.75) is 39.7 Å². The minimum Gasteiger partial charge on any atom is -0.391 e. The van der Waals surface area contributed by atoms with Crippen molar-refractivity contribution in [3.63, 3.8) is 0 Å². The van der Waals surface area contributed by atoms with Gasteiger partial charge in [0.2, 0.25) is 0 Å². The molecule has 6 heteroatoms. The third kappa shape index (κ3) is 4.12. The van der Waals surface area contributed by atoms with Gasteiger partial charge in [0.05, 0.1) is 6.10 Å². The fraction of sp³-hybridized carbons (Fsp3) is 0.667. The summed E-state index contributed by atoms with van der Waals surface area (Å²) in [6.45, 7) is 6.45. The molecule has 0 saturated carbocycles. The highest BCUT2D eigenvalue weighted by atomic mass is 16.3. The van der Waals surface area contributed by atoms with Gasteiger partial charge in [0, 0.05) is 12.6 Å². The average Bonchev–Trinajstić information content (AvgIpc) is 2.37. The molecule has 0 bridgehead atoms. The first kappa shape index (κ1) is 14.7. The summed E-state index contributed by atoms with van der Waals surface area (Å²) in [5.74, 6) is 7.48. The van der Waals surface area contributed by atoms with Gasteiger partial charge in [-0.3, -0.25) is 0 Å². The van der Waals surface area contributed by atoms with Crippen LogP contribution in [0.15, 0.2) is 6.07 Å². The Morgan fingerprint density at radius 2 is 1.89 bits per heavy atom. The normalized spacial score (nSPS) is 12.6. The van der Waals surface area contributed by atoms with Gasteiger partial charge in [0.1, 0.15) is 17.5 Å². The lowest BCUT2D eigenvalue weighted by atomic mass is 9.97. The van der Waals surface area contributed by atoms with E-state index in [1.54, 1.807) is 13.0 Å². The second kappa shape index (κ2) is 7.13. The second-order valence-electron chi connectivity index (χ2n) is 4.35. The summed E-state index contributed by atoms with van der Waals surface area (Å²) in [6.07, 6.45) is 1.57. The van der Waals surface area contributed by atoms with Crippen LogP contribution in [-0.4, -0.2) is 27.7 Å². The van der Waals surface area contributed by atoms with Gasteiger partial charge in [-0.1, -0.05) is 26.7 Å². The lowest BCUT2D eigenvalue weighted by Gasteiger charge is -2.20. The molecule has 0 aliphatic carbocycles. The summed E-state index contributed by atoms with van der Waals surface area (Å²) in [7, 11) is 0. The van der Waals surface area contributed by atoms with E-state index in [4.69, 9.17) is 5.84 Å². The number of nitrogens with one attached hydrogen (secondary N) is 2. The van der Waals surface area contributed by atoms with Crippen molar-refractivity contribution in [2.24, 2.45) is 11.8 Å². The molecular formula is C12H23N5O. The second-order valence-corrected chi connectivity index (χ2v) is 4.35. The molecular weight excluding hydrogens is 230 g/mol. The first-order chi connectivity index (χ1) is 8.60. The standard InChI is InChI=1S/C12H23N5O/c1-4-9(5-2)10(18)7-14-11-6-12(17-13)16-8(3)15-11/h6,9-10,18H,4-5,7,13H2,1-3H3,(H2,14,15,16,17). The molecule has 0 aliphatic heterocycles. The molecule has 5 N–H and O–H groups in total. The van der Waals surface area contributed by atoms with Gasteiger partial charge in [-0.05, 0) is 12.8 Å². The van der Waals surface area contributed by atoms with E-state index in [9.17, 15) is 5.11 Å². The van der Waals surface area contributed by atoms with Crippen molar-refractivity contribution in [1.29, 1.82) is 0 Å². The van der Waals surface area contributed by atoms with Crippen LogP contribution >= 0.6 is 0 Å². The van der Waals surface area contributed by atoms with E-state index in [1.165, 1.54) is 0 Å². The van der Waals surface area contributed by atoms with E-state index in [0.717, 1.165) is 12.8 Å². The first-order valence-electron chi connectivity index (χ1n) is 6.34. The largest absolute Gasteiger partial charge is 0.391 e. The molecule has 1 aromatic rings. The molecule has 0 aromatic carbocycles. The molecule has 18 heavy (non-hydrogen) atoms. The lowest BCUT2D eigenvalue weighted by Crippen LogP contribution is -2.28. The van der Waals surface area contributed by atoms with Crippen LogP contribution < -0.4 is 16.6 Å². The number of anilines is 2. The summed E-state index contributed by atoms with van der Waals surface area (Å²) in [4.78, 5) is 8.33. The molecule has 1 heterocycles. The number of hydrogen-bond donors (Lipinski definition) is 4. The number of hydrogen-bond acceptors (Lipinski definition) is 6. The zero-order chi connectivity index (χ0) is 13.5. The Bertz CT molecular complexity index is 367. The van der Waals surface area contributed by atoms with Gasteiger partial charge < -0.3 is 15.8 Å². The minimum absolute atomic E-state index is 0.313. The van der Waals surface area contributed by atoms with Gasteiger partial charge in [0.25, 0.3) is 0 Å². The fourth-order valence-corrected chi connectivity index (χ4v) is 1.94. The third-order valence-corrected chi connectivity index (χ3v) is 3.07. The van der Waals surface area contributed by atoms with Crippen molar-refractivity contribution in [3.05, 3.63) is 11.9 Å². The number of nitrogens with zero attached hydrogens (tertiary/aromatic N) is 2. The van der Waals surface area contributed by atoms with Crippen LogP contribution in [-0.2, 0) is 0 Å². The third-order valence-electron chi connectivity index (χ3n) is 3.07. The minimum atomic E-state index is -0.371. The average molecular weight is 253 g/mol. The van der Waals surface area contributed by atoms with Crippen LogP contribution in [0.5, 0.6) is 0 Å². The highest BCUT2D eigenvalue weighted by molar-refractivity contribution is 5.46. The number of nitrogen functional groups attached to an aromatic ring is 1. The molecule has 0 fully saturated rings. The zero-order valence-electron chi connectivity index (χ0n) is 11.3. The maximum atomic E-state index is 10.0. The monoisotopic (exact) mass is 253 g/mol. The Morgan fingerprint density at radius 1 is 1.28 bits per heavy atom. The van der Waals surface area contributed by atoms with Crippen molar-refractivity contribution in [1.82, 2.24) is 9.97 Å². The van der Waals surface area contributed by atoms with Crippen LogP contribution in [0.25, 0.3) is 0 Å². The van der Waals surface area contributed by atoms with Gasteiger partial charge in [0.15, 0.2) is 0 Å². The predicted octanol–water partition coefficient (Wildman–Crippen LogP) is 1.28. The number of aliphatic hydroxyl groups excluding tert-OH is 1. The first-order valence-corrected chi connectivity index (χ1v) is 6.34. The molecule has 0 saturated heterocycles. The summed E-state index contributed by atoms with van der Waals surface area (Å²) >= 11 is 0. The van der Waals surface area contributed by atoms with Gasteiger partial charge >= 0.3 is 0 Å². The quantitative estimate of drug-likeness (QED) is 0.432. The lowest BCUT2D eigenvalue weighted by molar-refractivity contribution is 0.114. The van der Waals surface area contributed by atoms with E-state index in [0.29, 0.717) is 29.9 Å². The maximum absolute atomic E-state index is 10.0. The summed E-state index contributed by atoms with van der Waals surface area (Å²) in [5.41, 5.74) is 2.49. The van der Waals surface area contributed by atoms with Crippen LogP contribution in [0.1, 0.15) is 32.5 Å². The number of rotatable bonds is 7. The van der Waals surface area contributed by atoms with Crippen LogP contribution in [0.3, 0.4) is 0 Å². The number of aliphatic hydroxyl groups is 1. The molecule has 0 spiro atoms. The van der Waals surface area contributed by atoms with E-state index in [2.05, 4.69) is 34.6 Å². The van der Waals surface area contributed by atoms with Crippen LogP contribution in [0.4, 0.5) is 11.6 Å². The van der Waals surface area contributed by atoms with Gasteiger partial charge in [-0.2, -0.15) is 0 Å². The highest BCUT2D eigenvalue weighted by Gasteiger charge is 2.15. The summed E-state index contributed by atoms with van der Waals surface area (Å²) < 4.78 is 0. The fourth-order valence-electron chi connectivity index (χ4n) is 1.94. The Balaban J connectivity index is 2.60. The van der Waals surface area contributed by atoms with Crippen molar-refractivity contribution in [3.8, 4) is 0 Å². The predicted molar refractivity (Wildman–Crippen MR) is 73.1 cm³/mol. The number of aromatic nitrogens is 2.